The van der Waals surface area contributed by atoms with Gasteiger partial charge >= 0.3 is 35.0 Å². The molecule has 0 saturated carbocycles. The molecule has 1 fully saturated rings. The molecule has 3 aromatic rings. The number of nitrogens with two attached hydrogens (primary N) is 2. The Bertz CT molecular complexity index is 3280. The first kappa shape index (κ1) is 89.5. The SMILES string of the molecule is CSCC[C@H](NC(=O)[C@H](CC(C)C)NC(=O)[C@H](Cc1cnc[nH]1)NC(=O)CNC(=O)[C@@H](NC(=O)[C@H](C)NC(=O)[C@H](Cc1c[nH]c2ccccc12)NC(=O)[C@H](CCC(N)=O)NC(=O)CCCCCCCNC(=O)CN1CCN(CC(=O)O)CCN(CC(=O)O)CCN(CC(=O)O)CC1)C(C)C)C(N)=O.[Cu+2]. The molecule has 104 heavy (non-hydrogen) atoms. The van der Waals surface area contributed by atoms with Gasteiger partial charge in [0, 0.05) is 114 Å². The largest absolute Gasteiger partial charge is 2.00 e. The van der Waals surface area contributed by atoms with Gasteiger partial charge in [-0.25, -0.2) is 4.98 Å². The quantitative estimate of drug-likeness (QED) is 0.0203. The van der Waals surface area contributed by atoms with Crippen molar-refractivity contribution in [3.05, 3.63) is 54.2 Å². The molecular weight excluding hydrogens is 1420 g/mol. The first-order chi connectivity index (χ1) is 48.9. The summed E-state index contributed by atoms with van der Waals surface area (Å²) < 4.78 is 0. The van der Waals surface area contributed by atoms with Crippen LogP contribution in [0.3, 0.4) is 0 Å². The topological polar surface area (TPSA) is 517 Å². The van der Waals surface area contributed by atoms with E-state index >= 15 is 0 Å². The maximum absolute atomic E-state index is 14.4. The van der Waals surface area contributed by atoms with Gasteiger partial charge < -0.3 is 84.6 Å². The zero-order chi connectivity index (χ0) is 76.1. The number of rotatable bonds is 45. The monoisotopic (exact) mass is 1530 g/mol. The predicted molar refractivity (Wildman–Crippen MR) is 381 cm³/mol. The van der Waals surface area contributed by atoms with Crippen molar-refractivity contribution in [3.8, 4) is 0 Å². The number of benzene rings is 1. The van der Waals surface area contributed by atoms with Gasteiger partial charge in [-0.2, -0.15) is 11.8 Å². The van der Waals surface area contributed by atoms with Gasteiger partial charge in [-0.1, -0.05) is 65.2 Å². The first-order valence-corrected chi connectivity index (χ1v) is 36.1. The van der Waals surface area contributed by atoms with Crippen LogP contribution < -0.4 is 59.3 Å². The average Bonchev–Trinajstić information content (AvgIpc) is 1.67. The Morgan fingerprint density at radius 1 is 0.538 bits per heavy atom. The number of primary amides is 2. The van der Waals surface area contributed by atoms with Crippen LogP contribution in [-0.2, 0) is 97.0 Å². The normalized spacial score (nSPS) is 15.5. The van der Waals surface area contributed by atoms with Crippen molar-refractivity contribution >= 4 is 106 Å². The van der Waals surface area contributed by atoms with E-state index in [1.807, 2.05) is 31.1 Å². The van der Waals surface area contributed by atoms with Gasteiger partial charge in [-0.15, -0.1) is 0 Å². The Labute approximate surface area is 619 Å². The summed E-state index contributed by atoms with van der Waals surface area (Å²) in [5.41, 5.74) is 12.8. The van der Waals surface area contributed by atoms with Gasteiger partial charge in [0.1, 0.15) is 42.3 Å². The molecular formula is C67H106CuN18O17S+2. The van der Waals surface area contributed by atoms with Crippen LogP contribution >= 0.6 is 11.8 Å². The first-order valence-electron chi connectivity index (χ1n) is 34.7. The summed E-state index contributed by atoms with van der Waals surface area (Å²) in [7, 11) is 0. The van der Waals surface area contributed by atoms with Gasteiger partial charge in [0.2, 0.25) is 65.0 Å². The second-order valence-corrected chi connectivity index (χ2v) is 27.4. The fourth-order valence-corrected chi connectivity index (χ4v) is 11.8. The van der Waals surface area contributed by atoms with Gasteiger partial charge in [-0.3, -0.25) is 86.7 Å². The van der Waals surface area contributed by atoms with E-state index in [1.54, 1.807) is 52.9 Å². The maximum Gasteiger partial charge on any atom is 2.00 e. The molecule has 1 saturated heterocycles. The van der Waals surface area contributed by atoms with Crippen molar-refractivity contribution in [2.45, 2.75) is 154 Å². The van der Waals surface area contributed by atoms with Crippen LogP contribution in [0.2, 0.25) is 0 Å². The molecule has 7 atom stereocenters. The molecule has 11 amide bonds. The third-order valence-electron chi connectivity index (χ3n) is 17.0. The molecule has 581 valence electrons. The number of para-hydroxylation sites is 1. The second kappa shape index (κ2) is 47.6. The number of imidazole rings is 1. The zero-order valence-corrected chi connectivity index (χ0v) is 61.7. The summed E-state index contributed by atoms with van der Waals surface area (Å²) in [6.07, 6.45) is 8.94. The summed E-state index contributed by atoms with van der Waals surface area (Å²) in [5.74, 6) is -11.1. The van der Waals surface area contributed by atoms with E-state index in [-0.39, 0.29) is 152 Å². The third-order valence-corrected chi connectivity index (χ3v) is 17.6. The number of unbranched alkanes of at least 4 members (excludes halogenated alkanes) is 4. The molecule has 0 spiro atoms. The van der Waals surface area contributed by atoms with E-state index in [9.17, 15) is 82.4 Å². The number of hydrogen-bond acceptors (Lipinski definition) is 20. The van der Waals surface area contributed by atoms with Crippen molar-refractivity contribution in [3.63, 3.8) is 0 Å². The summed E-state index contributed by atoms with van der Waals surface area (Å²) in [4.78, 5) is 200. The van der Waals surface area contributed by atoms with Crippen molar-refractivity contribution < 1.29 is 99.5 Å². The van der Waals surface area contributed by atoms with Gasteiger partial charge in [-0.05, 0) is 74.5 Å². The number of carboxylic acid groups (broad SMARTS) is 3. The van der Waals surface area contributed by atoms with Crippen LogP contribution in [0.4, 0.5) is 0 Å². The summed E-state index contributed by atoms with van der Waals surface area (Å²) >= 11 is 1.46. The Kier molecular flexibility index (Phi) is 40.9. The fraction of sp³-hybridized carbons (Fsp3) is 0.627. The predicted octanol–water partition coefficient (Wildman–Crippen LogP) is -2.66. The number of aliphatic carboxylic acids is 3. The van der Waals surface area contributed by atoms with Crippen molar-refractivity contribution in [1.82, 2.24) is 82.4 Å². The molecule has 1 aromatic carbocycles. The minimum atomic E-state index is -1.39. The number of hydrogen-bond donors (Lipinski definition) is 16. The summed E-state index contributed by atoms with van der Waals surface area (Å²) in [6.45, 7) is 9.09. The van der Waals surface area contributed by atoms with Gasteiger partial charge in [0.25, 0.3) is 0 Å². The van der Waals surface area contributed by atoms with E-state index in [0.29, 0.717) is 55.7 Å². The molecule has 1 radical (unpaired) electrons. The maximum atomic E-state index is 14.4. The minimum absolute atomic E-state index is 0. The smallest absolute Gasteiger partial charge is 0.480 e. The molecule has 0 bridgehead atoms. The summed E-state index contributed by atoms with van der Waals surface area (Å²) in [5, 5.41) is 53.2. The van der Waals surface area contributed by atoms with Crippen molar-refractivity contribution in [2.75, 3.05) is 104 Å². The molecule has 0 unspecified atom stereocenters. The number of amides is 11. The molecule has 37 heteroatoms. The number of nitrogens with zero attached hydrogens (tertiary/aromatic N) is 5. The van der Waals surface area contributed by atoms with E-state index in [4.69, 9.17) is 11.5 Å². The molecule has 0 aliphatic carbocycles. The molecule has 1 aliphatic heterocycles. The van der Waals surface area contributed by atoms with E-state index in [2.05, 4.69) is 62.8 Å². The molecule has 1 aliphatic rings. The third kappa shape index (κ3) is 34.7. The van der Waals surface area contributed by atoms with Crippen LogP contribution in [0.25, 0.3) is 10.9 Å². The second-order valence-electron chi connectivity index (χ2n) is 26.4. The standard InChI is InChI=1S/C67H106N18O17S.Cu/c1-41(2)30-50(65(100)78-48(61(69)96)19-29-103-6)79-66(101)52(32-45-34-70-40-74-45)77-55(88)35-73-67(102)60(42(3)4)81-62(97)43(5)75-64(99)51(31-44-33-72-47-15-12-11-14-46(44)47)80-63(98)49(17-18-53(68)86)76-54(87)16-10-8-7-9-13-20-71-56(89)36-82-21-23-83(37-57(90)91)25-27-85(39-59(94)95)28-26-84(24-22-82)38-58(92)93;/h11-12,14-15,33-34,40-43,48-52,60,72H,7-10,13,16-32,35-39H2,1-6H3,(H2,68,86)(H2,69,96)(H,70,74)(H,71,89)(H,73,102)(H,75,99)(H,76,87)(H,77,88)(H,78,100)(H,79,101)(H,80,98)(H,81,97)(H,90,91)(H,92,93)(H,94,95);/q;+2/t43-,48-,49-,50-,51-,52-,60-;/m0./s1. The number of aromatic nitrogens is 3. The number of aromatic amines is 2. The van der Waals surface area contributed by atoms with Crippen LogP contribution in [-0.4, -0.2) is 279 Å². The Morgan fingerprint density at radius 3 is 1.61 bits per heavy atom. The Hall–Kier alpha value is -8.74. The number of thioether (sulfide) groups is 1. The Balaban J connectivity index is 0.0000281. The van der Waals surface area contributed by atoms with Crippen LogP contribution in [0.1, 0.15) is 110 Å². The molecule has 2 aromatic heterocycles. The van der Waals surface area contributed by atoms with Crippen molar-refractivity contribution in [1.29, 1.82) is 0 Å². The van der Waals surface area contributed by atoms with E-state index < -0.39 is 132 Å². The summed E-state index contributed by atoms with van der Waals surface area (Å²) in [6, 6.07) is -1.55. The van der Waals surface area contributed by atoms with Crippen LogP contribution in [0.5, 0.6) is 0 Å². The zero-order valence-electron chi connectivity index (χ0n) is 60.0. The van der Waals surface area contributed by atoms with E-state index in [0.717, 1.165) is 10.9 Å². The number of nitrogens with one attached hydrogen (secondary N) is 11. The molecule has 4 rings (SSSR count). The molecule has 3 heterocycles. The van der Waals surface area contributed by atoms with Gasteiger partial charge in [0.05, 0.1) is 39.1 Å². The van der Waals surface area contributed by atoms with Crippen molar-refractivity contribution in [2.24, 2.45) is 23.3 Å². The van der Waals surface area contributed by atoms with Crippen LogP contribution in [0, 0.1) is 11.8 Å². The molecule has 18 N–H and O–H groups in total. The fourth-order valence-electron chi connectivity index (χ4n) is 11.3. The number of carbonyl (C=O) groups is 14. The number of carboxylic acids is 3. The molecule has 35 nitrogen and oxygen atoms in total. The van der Waals surface area contributed by atoms with Crippen LogP contribution in [0.15, 0.2) is 43.0 Å². The van der Waals surface area contributed by atoms with Gasteiger partial charge in [0.15, 0.2) is 0 Å². The minimum Gasteiger partial charge on any atom is -0.480 e. The number of H-pyrrole nitrogens is 2. The Morgan fingerprint density at radius 2 is 1.06 bits per heavy atom. The average molecular weight is 1530 g/mol. The number of carbonyl (C=O) groups excluding carboxylic acids is 11. The number of fused-ring (bicyclic) bond motifs is 1. The van der Waals surface area contributed by atoms with E-state index in [1.165, 1.54) is 31.2 Å².